The molecule has 3 aliphatic rings. The lowest BCUT2D eigenvalue weighted by molar-refractivity contribution is 0.0961. The lowest BCUT2D eigenvalue weighted by Gasteiger charge is -2.16. The molecule has 1 saturated heterocycles. The summed E-state index contributed by atoms with van der Waals surface area (Å²) in [7, 11) is 0. The summed E-state index contributed by atoms with van der Waals surface area (Å²) in [5.74, 6) is 0.392. The van der Waals surface area contributed by atoms with Gasteiger partial charge in [0.25, 0.3) is 11.5 Å². The number of para-hydroxylation sites is 1. The van der Waals surface area contributed by atoms with E-state index in [1.165, 1.54) is 4.68 Å². The van der Waals surface area contributed by atoms with Crippen molar-refractivity contribution in [1.82, 2.24) is 14.3 Å². The normalized spacial score (nSPS) is 15.5. The van der Waals surface area contributed by atoms with Crippen molar-refractivity contribution < 1.29 is 14.3 Å². The number of amides is 1. The first kappa shape index (κ1) is 21.9. The summed E-state index contributed by atoms with van der Waals surface area (Å²) < 4.78 is 14.4. The summed E-state index contributed by atoms with van der Waals surface area (Å²) in [5, 5.41) is 7.45. The maximum Gasteiger partial charge on any atom is 0.282 e. The highest BCUT2D eigenvalue weighted by Gasteiger charge is 2.26. The van der Waals surface area contributed by atoms with Crippen LogP contribution in [0.1, 0.15) is 30.1 Å². The van der Waals surface area contributed by atoms with E-state index in [2.05, 4.69) is 10.4 Å². The molecule has 1 unspecified atom stereocenters. The quantitative estimate of drug-likeness (QED) is 0.453. The molecular weight excluding hydrogens is 432 g/mol. The van der Waals surface area contributed by atoms with Gasteiger partial charge in [-0.25, -0.2) is 0 Å². The molecule has 0 aromatic heterocycles. The van der Waals surface area contributed by atoms with Gasteiger partial charge < -0.3 is 19.4 Å². The Morgan fingerprint density at radius 2 is 1.94 bits per heavy atom. The van der Waals surface area contributed by atoms with E-state index in [0.717, 1.165) is 25.2 Å². The third-order valence-electron chi connectivity index (χ3n) is 5.83. The van der Waals surface area contributed by atoms with Crippen LogP contribution in [0.2, 0.25) is 0 Å². The van der Waals surface area contributed by atoms with Crippen molar-refractivity contribution in [3.8, 4) is 22.7 Å². The number of pyridine rings is 1. The van der Waals surface area contributed by atoms with Crippen molar-refractivity contribution in [2.24, 2.45) is 0 Å². The molecule has 0 aliphatic carbocycles. The SMILES string of the molecule is CCOc1ccc(NC(=O)c2cn(CC3CCCO3)cc3c(=O)n(-c4ccccc4)nc2-3)cc1. The summed E-state index contributed by atoms with van der Waals surface area (Å²) in [6.45, 7) is 3.79. The van der Waals surface area contributed by atoms with Crippen LogP contribution in [0.4, 0.5) is 5.69 Å². The molecule has 8 heteroatoms. The van der Waals surface area contributed by atoms with Crippen LogP contribution in [-0.4, -0.2) is 39.6 Å². The molecular formula is C26H26N4O4. The zero-order valence-electron chi connectivity index (χ0n) is 18.9. The summed E-state index contributed by atoms with van der Waals surface area (Å²) in [5.41, 5.74) is 2.09. The van der Waals surface area contributed by atoms with Crippen LogP contribution in [-0.2, 0) is 11.3 Å². The zero-order chi connectivity index (χ0) is 23.5. The van der Waals surface area contributed by atoms with Crippen LogP contribution in [0.15, 0.2) is 71.8 Å². The first-order valence-corrected chi connectivity index (χ1v) is 11.5. The predicted molar refractivity (Wildman–Crippen MR) is 129 cm³/mol. The monoisotopic (exact) mass is 458 g/mol. The van der Waals surface area contributed by atoms with Crippen LogP contribution >= 0.6 is 0 Å². The minimum atomic E-state index is -0.339. The predicted octanol–water partition coefficient (Wildman–Crippen LogP) is 3.97. The van der Waals surface area contributed by atoms with Crippen LogP contribution in [0, 0.1) is 0 Å². The molecule has 0 spiro atoms. The Morgan fingerprint density at radius 3 is 2.65 bits per heavy atom. The van der Waals surface area contributed by atoms with E-state index in [1.807, 2.05) is 41.8 Å². The molecule has 5 rings (SSSR count). The molecule has 0 bridgehead atoms. The number of ether oxygens (including phenoxy) is 2. The molecule has 3 aliphatic heterocycles. The van der Waals surface area contributed by atoms with Gasteiger partial charge >= 0.3 is 0 Å². The van der Waals surface area contributed by atoms with Crippen molar-refractivity contribution in [3.63, 3.8) is 0 Å². The molecule has 1 amide bonds. The van der Waals surface area contributed by atoms with Gasteiger partial charge in [0.1, 0.15) is 11.4 Å². The number of fused-ring (bicyclic) bond motifs is 1. The number of aromatic nitrogens is 3. The van der Waals surface area contributed by atoms with E-state index in [9.17, 15) is 9.59 Å². The lowest BCUT2D eigenvalue weighted by atomic mass is 10.1. The van der Waals surface area contributed by atoms with Gasteiger partial charge in [-0.05, 0) is 56.2 Å². The standard InChI is InChI=1S/C26H26N4O4/c1-2-33-20-12-10-18(11-13-20)27-25(31)22-16-29(15-21-9-6-14-34-21)17-23-24(22)28-30(26(23)32)19-7-4-3-5-8-19/h3-5,7-8,10-13,16-17,21H,2,6,9,14-15H2,1H3,(H,27,31). The molecule has 0 saturated carbocycles. The van der Waals surface area contributed by atoms with Gasteiger partial charge in [-0.2, -0.15) is 9.78 Å². The van der Waals surface area contributed by atoms with Crippen molar-refractivity contribution in [2.45, 2.75) is 32.4 Å². The van der Waals surface area contributed by atoms with Gasteiger partial charge in [0.05, 0.1) is 29.5 Å². The first-order chi connectivity index (χ1) is 16.6. The Bertz CT molecular complexity index is 1310. The lowest BCUT2D eigenvalue weighted by Crippen LogP contribution is -2.20. The fourth-order valence-electron chi connectivity index (χ4n) is 4.20. The number of hydrogen-bond acceptors (Lipinski definition) is 5. The van der Waals surface area contributed by atoms with E-state index >= 15 is 0 Å². The number of rotatable bonds is 7. The van der Waals surface area contributed by atoms with Gasteiger partial charge in [-0.15, -0.1) is 0 Å². The second-order valence-electron chi connectivity index (χ2n) is 8.23. The van der Waals surface area contributed by atoms with E-state index in [-0.39, 0.29) is 17.6 Å². The van der Waals surface area contributed by atoms with E-state index in [1.54, 1.807) is 36.7 Å². The van der Waals surface area contributed by atoms with E-state index < -0.39 is 0 Å². The van der Waals surface area contributed by atoms with Crippen LogP contribution in [0.25, 0.3) is 16.9 Å². The highest BCUT2D eigenvalue weighted by atomic mass is 16.5. The van der Waals surface area contributed by atoms with Crippen molar-refractivity contribution in [2.75, 3.05) is 18.5 Å². The average Bonchev–Trinajstić information content (AvgIpc) is 3.49. The number of hydrogen-bond donors (Lipinski definition) is 1. The highest BCUT2D eigenvalue weighted by molar-refractivity contribution is 6.08. The number of benzene rings is 2. The Morgan fingerprint density at radius 1 is 1.15 bits per heavy atom. The minimum Gasteiger partial charge on any atom is -0.494 e. The Kier molecular flexibility index (Phi) is 6.14. The molecule has 8 nitrogen and oxygen atoms in total. The second-order valence-corrected chi connectivity index (χ2v) is 8.23. The van der Waals surface area contributed by atoms with Crippen LogP contribution in [0.5, 0.6) is 5.75 Å². The smallest absolute Gasteiger partial charge is 0.282 e. The van der Waals surface area contributed by atoms with Gasteiger partial charge in [0, 0.05) is 31.2 Å². The van der Waals surface area contributed by atoms with Gasteiger partial charge in [-0.3, -0.25) is 9.59 Å². The first-order valence-electron chi connectivity index (χ1n) is 11.5. The van der Waals surface area contributed by atoms with Crippen molar-refractivity contribution in [3.05, 3.63) is 82.9 Å². The number of nitrogens with one attached hydrogen (secondary N) is 1. The molecule has 174 valence electrons. The largest absolute Gasteiger partial charge is 0.494 e. The Labute approximate surface area is 197 Å². The molecule has 1 atom stereocenters. The van der Waals surface area contributed by atoms with Gasteiger partial charge in [-0.1, -0.05) is 18.2 Å². The molecule has 1 N–H and O–H groups in total. The number of nitrogens with zero attached hydrogens (tertiary/aromatic N) is 3. The summed E-state index contributed by atoms with van der Waals surface area (Å²) in [4.78, 5) is 26.6. The molecule has 34 heavy (non-hydrogen) atoms. The van der Waals surface area contributed by atoms with E-state index in [0.29, 0.717) is 41.3 Å². The molecule has 3 heterocycles. The second kappa shape index (κ2) is 9.52. The topological polar surface area (TPSA) is 87.4 Å². The maximum absolute atomic E-state index is 13.3. The third kappa shape index (κ3) is 4.45. The fourth-order valence-corrected chi connectivity index (χ4v) is 4.20. The molecule has 2 aromatic rings. The highest BCUT2D eigenvalue weighted by Crippen LogP contribution is 2.25. The maximum atomic E-state index is 13.3. The third-order valence-corrected chi connectivity index (χ3v) is 5.83. The number of carbonyl (C=O) groups is 1. The number of anilines is 1. The fraction of sp³-hybridized carbons (Fsp3) is 0.269. The number of carbonyl (C=O) groups excluding carboxylic acids is 1. The van der Waals surface area contributed by atoms with Crippen LogP contribution < -0.4 is 15.6 Å². The summed E-state index contributed by atoms with van der Waals surface area (Å²) in [6.07, 6.45) is 5.53. The van der Waals surface area contributed by atoms with Crippen molar-refractivity contribution in [1.29, 1.82) is 0 Å². The van der Waals surface area contributed by atoms with Gasteiger partial charge in [0.15, 0.2) is 0 Å². The molecule has 2 aromatic carbocycles. The Hall–Kier alpha value is -3.91. The zero-order valence-corrected chi connectivity index (χ0v) is 18.9. The molecule has 0 radical (unpaired) electrons. The van der Waals surface area contributed by atoms with Crippen LogP contribution in [0.3, 0.4) is 0 Å². The minimum absolute atomic E-state index is 0.0590. The molecule has 1 fully saturated rings. The average molecular weight is 459 g/mol. The summed E-state index contributed by atoms with van der Waals surface area (Å²) >= 11 is 0. The van der Waals surface area contributed by atoms with Crippen molar-refractivity contribution >= 4 is 11.6 Å². The van der Waals surface area contributed by atoms with Gasteiger partial charge in [0.2, 0.25) is 0 Å². The Balaban J connectivity index is 1.53. The summed E-state index contributed by atoms with van der Waals surface area (Å²) in [6, 6.07) is 16.4. The van der Waals surface area contributed by atoms with E-state index in [4.69, 9.17) is 9.47 Å².